The number of sulfonamides is 1. The lowest BCUT2D eigenvalue weighted by Gasteiger charge is -2.08. The third-order valence-electron chi connectivity index (χ3n) is 3.09. The Kier molecular flexibility index (Phi) is 5.08. The summed E-state index contributed by atoms with van der Waals surface area (Å²) in [7, 11) is -2.00. The molecule has 1 aromatic heterocycles. The number of rotatable bonds is 5. The number of thiophene rings is 1. The first-order chi connectivity index (χ1) is 9.83. The smallest absolute Gasteiger partial charge is 0.240 e. The molecule has 4 nitrogen and oxygen atoms in total. The predicted molar refractivity (Wildman–Crippen MR) is 88.5 cm³/mol. The van der Waals surface area contributed by atoms with Crippen molar-refractivity contribution in [3.05, 3.63) is 44.1 Å². The van der Waals surface area contributed by atoms with Crippen LogP contribution in [0.1, 0.15) is 15.3 Å². The molecule has 7 heteroatoms. The molecule has 21 heavy (non-hydrogen) atoms. The molecular weight excluding hydrogens is 374 g/mol. The van der Waals surface area contributed by atoms with E-state index in [1.54, 1.807) is 17.4 Å². The van der Waals surface area contributed by atoms with Crippen molar-refractivity contribution in [1.82, 2.24) is 4.72 Å². The van der Waals surface area contributed by atoms with Gasteiger partial charge in [-0.1, -0.05) is 0 Å². The van der Waals surface area contributed by atoms with Crippen molar-refractivity contribution in [1.29, 1.82) is 0 Å². The molecule has 0 atom stereocenters. The second-order valence-electron chi connectivity index (χ2n) is 4.57. The molecule has 0 aliphatic rings. The maximum atomic E-state index is 12.3. The quantitative estimate of drug-likeness (QED) is 0.849. The van der Waals surface area contributed by atoms with Crippen molar-refractivity contribution < 1.29 is 13.2 Å². The Hall–Kier alpha value is -0.890. The standard InChI is InChI=1S/C14H16BrNO3S2/c1-9-6-11(20-10(9)2)8-16-21(17,18)12-4-5-14(19-3)13(15)7-12/h4-7,16H,8H2,1-3H3. The van der Waals surface area contributed by atoms with Gasteiger partial charge in [0.25, 0.3) is 0 Å². The summed E-state index contributed by atoms with van der Waals surface area (Å²) < 4.78 is 32.9. The van der Waals surface area contributed by atoms with Crippen molar-refractivity contribution >= 4 is 37.3 Å². The largest absolute Gasteiger partial charge is 0.496 e. The van der Waals surface area contributed by atoms with Gasteiger partial charge in [-0.3, -0.25) is 0 Å². The number of ether oxygens (including phenoxy) is 1. The fraction of sp³-hybridized carbons (Fsp3) is 0.286. The molecule has 0 amide bonds. The minimum absolute atomic E-state index is 0.208. The van der Waals surface area contributed by atoms with Crippen LogP contribution in [0.15, 0.2) is 33.6 Å². The third kappa shape index (κ3) is 3.85. The molecule has 0 fully saturated rings. The molecule has 0 aliphatic heterocycles. The van der Waals surface area contributed by atoms with Gasteiger partial charge in [-0.05, 0) is 59.6 Å². The van der Waals surface area contributed by atoms with E-state index >= 15 is 0 Å². The second kappa shape index (κ2) is 6.48. The van der Waals surface area contributed by atoms with E-state index in [4.69, 9.17) is 4.74 Å². The zero-order valence-corrected chi connectivity index (χ0v) is 15.2. The van der Waals surface area contributed by atoms with Crippen molar-refractivity contribution in [3.63, 3.8) is 0 Å². The van der Waals surface area contributed by atoms with Gasteiger partial charge in [0.1, 0.15) is 5.75 Å². The molecule has 0 aliphatic carbocycles. The number of hydrogen-bond donors (Lipinski definition) is 1. The molecule has 0 spiro atoms. The Morgan fingerprint density at radius 1 is 1.29 bits per heavy atom. The highest BCUT2D eigenvalue weighted by Crippen LogP contribution is 2.27. The summed E-state index contributed by atoms with van der Waals surface area (Å²) in [5.41, 5.74) is 1.18. The summed E-state index contributed by atoms with van der Waals surface area (Å²) in [6.45, 7) is 4.34. The molecule has 2 rings (SSSR count). The first kappa shape index (κ1) is 16.5. The Morgan fingerprint density at radius 2 is 2.00 bits per heavy atom. The number of aryl methyl sites for hydroxylation is 2. The lowest BCUT2D eigenvalue weighted by molar-refractivity contribution is 0.411. The van der Waals surface area contributed by atoms with Crippen LogP contribution in [-0.2, 0) is 16.6 Å². The Balaban J connectivity index is 2.16. The zero-order valence-electron chi connectivity index (χ0n) is 11.9. The molecule has 0 radical (unpaired) electrons. The van der Waals surface area contributed by atoms with Crippen LogP contribution >= 0.6 is 27.3 Å². The van der Waals surface area contributed by atoms with Gasteiger partial charge in [-0.2, -0.15) is 0 Å². The fourth-order valence-corrected chi connectivity index (χ4v) is 4.61. The number of halogens is 1. The molecule has 0 saturated heterocycles. The number of methoxy groups -OCH3 is 1. The minimum Gasteiger partial charge on any atom is -0.496 e. The van der Waals surface area contributed by atoms with Gasteiger partial charge < -0.3 is 4.74 Å². The molecule has 0 unspecified atom stereocenters. The van der Waals surface area contributed by atoms with Crippen LogP contribution in [0, 0.1) is 13.8 Å². The minimum atomic E-state index is -3.54. The van der Waals surface area contributed by atoms with Crippen LogP contribution < -0.4 is 9.46 Å². The first-order valence-corrected chi connectivity index (χ1v) is 9.32. The van der Waals surface area contributed by atoms with Gasteiger partial charge in [0.2, 0.25) is 10.0 Å². The summed E-state index contributed by atoms with van der Waals surface area (Å²) in [5.74, 6) is 0.596. The van der Waals surface area contributed by atoms with Crippen molar-refractivity contribution in [3.8, 4) is 5.75 Å². The molecule has 2 aromatic rings. The van der Waals surface area contributed by atoms with Gasteiger partial charge in [0, 0.05) is 16.3 Å². The van der Waals surface area contributed by atoms with Crippen LogP contribution in [0.4, 0.5) is 0 Å². The van der Waals surface area contributed by atoms with E-state index in [1.165, 1.54) is 29.7 Å². The summed E-state index contributed by atoms with van der Waals surface area (Å²) in [5, 5.41) is 0. The van der Waals surface area contributed by atoms with E-state index in [2.05, 4.69) is 20.7 Å². The van der Waals surface area contributed by atoms with Crippen LogP contribution in [0.2, 0.25) is 0 Å². The van der Waals surface area contributed by atoms with Gasteiger partial charge >= 0.3 is 0 Å². The Bertz CT molecular complexity index is 734. The monoisotopic (exact) mass is 389 g/mol. The van der Waals surface area contributed by atoms with Crippen molar-refractivity contribution in [2.24, 2.45) is 0 Å². The lowest BCUT2D eigenvalue weighted by Crippen LogP contribution is -2.22. The van der Waals surface area contributed by atoms with Crippen LogP contribution in [0.25, 0.3) is 0 Å². The highest BCUT2D eigenvalue weighted by Gasteiger charge is 2.16. The van der Waals surface area contributed by atoms with E-state index in [0.717, 1.165) is 4.88 Å². The van der Waals surface area contributed by atoms with E-state index in [0.29, 0.717) is 16.8 Å². The van der Waals surface area contributed by atoms with E-state index in [-0.39, 0.29) is 4.90 Å². The van der Waals surface area contributed by atoms with Crippen molar-refractivity contribution in [2.75, 3.05) is 7.11 Å². The van der Waals surface area contributed by atoms with E-state index in [9.17, 15) is 8.42 Å². The summed E-state index contributed by atoms with van der Waals surface area (Å²) >= 11 is 4.90. The van der Waals surface area contributed by atoms with Crippen molar-refractivity contribution in [2.45, 2.75) is 25.3 Å². The Labute approximate surface area is 137 Å². The molecule has 0 saturated carbocycles. The molecule has 1 aromatic carbocycles. The summed E-state index contributed by atoms with van der Waals surface area (Å²) in [6.07, 6.45) is 0. The highest BCUT2D eigenvalue weighted by molar-refractivity contribution is 9.10. The Morgan fingerprint density at radius 3 is 2.52 bits per heavy atom. The van der Waals surface area contributed by atoms with Crippen LogP contribution in [-0.4, -0.2) is 15.5 Å². The number of hydrogen-bond acceptors (Lipinski definition) is 4. The maximum Gasteiger partial charge on any atom is 0.240 e. The topological polar surface area (TPSA) is 55.4 Å². The van der Waals surface area contributed by atoms with Gasteiger partial charge in [-0.25, -0.2) is 13.1 Å². The van der Waals surface area contributed by atoms with E-state index < -0.39 is 10.0 Å². The average Bonchev–Trinajstić information content (AvgIpc) is 2.76. The zero-order chi connectivity index (χ0) is 15.6. The molecule has 0 bridgehead atoms. The van der Waals surface area contributed by atoms with Crippen LogP contribution in [0.3, 0.4) is 0 Å². The van der Waals surface area contributed by atoms with Gasteiger partial charge in [0.15, 0.2) is 0 Å². The normalized spacial score (nSPS) is 11.6. The molecule has 1 heterocycles. The maximum absolute atomic E-state index is 12.3. The summed E-state index contributed by atoms with van der Waals surface area (Å²) in [4.78, 5) is 2.41. The predicted octanol–water partition coefficient (Wildman–Crippen LogP) is 3.61. The summed E-state index contributed by atoms with van der Waals surface area (Å²) in [6, 6.07) is 6.69. The van der Waals surface area contributed by atoms with E-state index in [1.807, 2.05) is 19.9 Å². The number of benzene rings is 1. The lowest BCUT2D eigenvalue weighted by atomic mass is 10.3. The number of nitrogens with one attached hydrogen (secondary N) is 1. The third-order valence-corrected chi connectivity index (χ3v) is 6.26. The second-order valence-corrected chi connectivity index (χ2v) is 8.53. The first-order valence-electron chi connectivity index (χ1n) is 6.22. The highest BCUT2D eigenvalue weighted by atomic mass is 79.9. The fourth-order valence-electron chi connectivity index (χ4n) is 1.80. The average molecular weight is 390 g/mol. The van der Waals surface area contributed by atoms with Gasteiger partial charge in [-0.15, -0.1) is 11.3 Å². The van der Waals surface area contributed by atoms with Crippen LogP contribution in [0.5, 0.6) is 5.75 Å². The molecule has 1 N–H and O–H groups in total. The SMILES string of the molecule is COc1ccc(S(=O)(=O)NCc2cc(C)c(C)s2)cc1Br. The molecular formula is C14H16BrNO3S2. The molecule has 114 valence electrons. The van der Waals surface area contributed by atoms with Gasteiger partial charge in [0.05, 0.1) is 16.5 Å².